The Labute approximate surface area is 527 Å². The molecule has 3 saturated carbocycles. The standard InChI is InChI=1S/C53H59I9O6/c1-6-28(19-35-40(56)22-31(54)23-41(35)57)51(65)68-49-45(61)26-42(58)36(47(49)62)20-29(7-2)50(64)66-33-15-17-52(4)30(21-33)11-12-34-38-14-13-37(53(38,5)18-16-39(34)52)27(3)9-8-10-46(63)67-48-43(59)24-32(55)25-44(48)60/h11,22-29,33-34,37-39H,6-10,12-21H2,1-5H3/t27-,28?,29?,33+,34?,37-,38?,39?,52+,53-/m1/s1. The maximum absolute atomic E-state index is 14.1. The second kappa shape index (κ2) is 25.2. The van der Waals surface area contributed by atoms with Crippen LogP contribution in [0.1, 0.15) is 129 Å². The number of allylic oxidation sites excluding steroid dienone is 1. The molecular formula is C53H59I9O6. The molecule has 6 nitrogen and oxygen atoms in total. The Balaban J connectivity index is 0.944. The van der Waals surface area contributed by atoms with E-state index in [1.165, 1.54) is 47.5 Å². The first-order valence-corrected chi connectivity index (χ1v) is 33.7. The fourth-order valence-corrected chi connectivity index (χ4v) is 24.5. The summed E-state index contributed by atoms with van der Waals surface area (Å²) in [7, 11) is 0. The van der Waals surface area contributed by atoms with Crippen LogP contribution in [0.15, 0.2) is 42.0 Å². The Morgan fingerprint density at radius 3 is 1.91 bits per heavy atom. The maximum Gasteiger partial charge on any atom is 0.314 e. The van der Waals surface area contributed by atoms with Gasteiger partial charge in [-0.05, 0) is 369 Å². The van der Waals surface area contributed by atoms with E-state index < -0.39 is 0 Å². The smallest absolute Gasteiger partial charge is 0.314 e. The van der Waals surface area contributed by atoms with Crippen molar-refractivity contribution in [2.24, 2.45) is 52.3 Å². The summed E-state index contributed by atoms with van der Waals surface area (Å²) in [5.41, 5.74) is 4.25. The summed E-state index contributed by atoms with van der Waals surface area (Å²) in [5.74, 6) is 3.65. The van der Waals surface area contributed by atoms with E-state index >= 15 is 0 Å². The highest BCUT2D eigenvalue weighted by molar-refractivity contribution is 14.1. The first-order valence-electron chi connectivity index (χ1n) is 24.0. The van der Waals surface area contributed by atoms with Crippen molar-refractivity contribution >= 4 is 221 Å². The van der Waals surface area contributed by atoms with E-state index in [-0.39, 0.29) is 41.3 Å². The molecule has 0 aliphatic heterocycles. The monoisotopic (exact) mass is 1930 g/mol. The van der Waals surface area contributed by atoms with Gasteiger partial charge in [-0.25, -0.2) is 0 Å². The minimum Gasteiger partial charge on any atom is -0.462 e. The van der Waals surface area contributed by atoms with Crippen LogP contribution in [0.2, 0.25) is 0 Å². The number of benzene rings is 3. The molecule has 3 aromatic carbocycles. The number of esters is 3. The minimum atomic E-state index is -0.291. The third kappa shape index (κ3) is 13.0. The van der Waals surface area contributed by atoms with Gasteiger partial charge < -0.3 is 14.2 Å². The fraction of sp³-hybridized carbons (Fsp3) is 0.566. The quantitative estimate of drug-likeness (QED) is 0.0615. The molecule has 0 heterocycles. The van der Waals surface area contributed by atoms with Gasteiger partial charge in [0.1, 0.15) is 6.10 Å². The number of fused-ring (bicyclic) bond motifs is 5. The molecule has 0 bridgehead atoms. The predicted molar refractivity (Wildman–Crippen MR) is 348 cm³/mol. The van der Waals surface area contributed by atoms with Crippen molar-refractivity contribution in [2.45, 2.75) is 137 Å². The molecule has 7 rings (SSSR count). The number of carbonyl (C=O) groups is 3. The van der Waals surface area contributed by atoms with Crippen molar-refractivity contribution in [3.63, 3.8) is 0 Å². The van der Waals surface area contributed by atoms with Crippen LogP contribution in [0, 0.1) is 84.4 Å². The fourth-order valence-electron chi connectivity index (χ4n) is 12.6. The molecule has 4 aliphatic rings. The van der Waals surface area contributed by atoms with Crippen LogP contribution in [0.5, 0.6) is 11.5 Å². The zero-order valence-electron chi connectivity index (χ0n) is 39.0. The summed E-state index contributed by atoms with van der Waals surface area (Å²) >= 11 is 20.9. The predicted octanol–water partition coefficient (Wildman–Crippen LogP) is 17.8. The molecule has 3 aromatic rings. The molecule has 10 atom stereocenters. The second-order valence-corrected chi connectivity index (χ2v) is 30.7. The third-order valence-corrected chi connectivity index (χ3v) is 24.1. The Bertz CT molecular complexity index is 2390. The van der Waals surface area contributed by atoms with E-state index in [0.717, 1.165) is 71.4 Å². The van der Waals surface area contributed by atoms with E-state index in [1.54, 1.807) is 0 Å². The molecule has 0 saturated heterocycles. The largest absolute Gasteiger partial charge is 0.462 e. The minimum absolute atomic E-state index is 0.101. The SMILES string of the molecule is CCC(Cc1c(I)cc(I)cc1I)C(=O)Oc1c(I)cc(I)c(CC(CC)C(=O)O[C@H]2CC[C@@]3(C)C(=CCC4C3CC[C@@]3(C)C4CC[C@@H]3[C@H](C)CCCC(=O)Oc3c(I)cc(I)cc3I)C2)c1I. The van der Waals surface area contributed by atoms with Gasteiger partial charge >= 0.3 is 17.9 Å². The Morgan fingerprint density at radius 1 is 0.676 bits per heavy atom. The van der Waals surface area contributed by atoms with Gasteiger partial charge in [0.2, 0.25) is 0 Å². The highest BCUT2D eigenvalue weighted by Gasteiger charge is 2.59. The van der Waals surface area contributed by atoms with Crippen LogP contribution in [0.4, 0.5) is 0 Å². The van der Waals surface area contributed by atoms with Gasteiger partial charge in [0.25, 0.3) is 0 Å². The van der Waals surface area contributed by atoms with Gasteiger partial charge in [-0.2, -0.15) is 0 Å². The molecule has 0 aromatic heterocycles. The Kier molecular flexibility index (Phi) is 21.6. The zero-order valence-corrected chi connectivity index (χ0v) is 58.5. The molecule has 0 N–H and O–H groups in total. The molecule has 3 fully saturated rings. The number of hydrogen-bond donors (Lipinski definition) is 0. The highest BCUT2D eigenvalue weighted by Crippen LogP contribution is 2.67. The van der Waals surface area contributed by atoms with E-state index in [0.29, 0.717) is 72.7 Å². The van der Waals surface area contributed by atoms with E-state index in [2.05, 4.69) is 274 Å². The maximum atomic E-state index is 14.1. The van der Waals surface area contributed by atoms with Crippen LogP contribution in [0.3, 0.4) is 0 Å². The molecular weight excluding hydrogens is 1870 g/mol. The summed E-state index contributed by atoms with van der Waals surface area (Å²) in [6.07, 6.45) is 16.5. The molecule has 15 heteroatoms. The molecule has 370 valence electrons. The topological polar surface area (TPSA) is 78.9 Å². The lowest BCUT2D eigenvalue weighted by atomic mass is 9.47. The van der Waals surface area contributed by atoms with Crippen molar-refractivity contribution in [2.75, 3.05) is 0 Å². The van der Waals surface area contributed by atoms with Gasteiger partial charge in [-0.15, -0.1) is 0 Å². The summed E-state index contributed by atoms with van der Waals surface area (Å²) < 4.78 is 28.1. The normalized spacial score (nSPS) is 26.7. The van der Waals surface area contributed by atoms with Gasteiger partial charge in [0.15, 0.2) is 11.5 Å². The highest BCUT2D eigenvalue weighted by atomic mass is 127. The molecule has 0 spiro atoms. The summed E-state index contributed by atoms with van der Waals surface area (Å²) in [4.78, 5) is 40.9. The third-order valence-electron chi connectivity index (χ3n) is 16.4. The molecule has 68 heavy (non-hydrogen) atoms. The van der Waals surface area contributed by atoms with E-state index in [4.69, 9.17) is 14.2 Å². The number of rotatable bonds is 16. The van der Waals surface area contributed by atoms with Crippen LogP contribution in [-0.4, -0.2) is 24.0 Å². The van der Waals surface area contributed by atoms with Crippen LogP contribution >= 0.6 is 203 Å². The second-order valence-electron chi connectivity index (χ2n) is 20.2. The average molecular weight is 1930 g/mol. The van der Waals surface area contributed by atoms with Crippen LogP contribution in [0.25, 0.3) is 0 Å². The van der Waals surface area contributed by atoms with E-state index in [9.17, 15) is 14.4 Å². The summed E-state index contributed by atoms with van der Waals surface area (Å²) in [5, 5.41) is 0. The van der Waals surface area contributed by atoms with Crippen LogP contribution in [-0.2, 0) is 32.0 Å². The first-order chi connectivity index (χ1) is 32.2. The lowest BCUT2D eigenvalue weighted by Gasteiger charge is -2.58. The van der Waals surface area contributed by atoms with Crippen molar-refractivity contribution in [1.29, 1.82) is 0 Å². The average Bonchev–Trinajstić information content (AvgIpc) is 3.63. The number of halogens is 9. The lowest BCUT2D eigenvalue weighted by Crippen LogP contribution is -2.51. The van der Waals surface area contributed by atoms with Gasteiger partial charge in [-0.1, -0.05) is 46.3 Å². The molecule has 0 amide bonds. The molecule has 4 aliphatic carbocycles. The Hall–Kier alpha value is 2.38. The Morgan fingerprint density at radius 2 is 1.26 bits per heavy atom. The van der Waals surface area contributed by atoms with Crippen molar-refractivity contribution in [3.8, 4) is 11.5 Å². The van der Waals surface area contributed by atoms with E-state index in [1.807, 2.05) is 0 Å². The van der Waals surface area contributed by atoms with Gasteiger partial charge in [-0.3, -0.25) is 14.4 Å². The van der Waals surface area contributed by atoms with Crippen molar-refractivity contribution in [1.82, 2.24) is 0 Å². The lowest BCUT2D eigenvalue weighted by molar-refractivity contribution is -0.156. The molecule has 0 radical (unpaired) electrons. The van der Waals surface area contributed by atoms with Gasteiger partial charge in [0, 0.05) is 30.7 Å². The first kappa shape index (κ1) is 58.1. The van der Waals surface area contributed by atoms with Crippen LogP contribution < -0.4 is 9.47 Å². The summed E-state index contributed by atoms with van der Waals surface area (Å²) in [6.45, 7) is 11.7. The summed E-state index contributed by atoms with van der Waals surface area (Å²) in [6, 6.07) is 10.5. The van der Waals surface area contributed by atoms with Gasteiger partial charge in [0.05, 0.1) is 26.1 Å². The number of carbonyl (C=O) groups excluding carboxylic acids is 3. The number of hydrogen-bond acceptors (Lipinski definition) is 6. The van der Waals surface area contributed by atoms with Crippen molar-refractivity contribution < 1.29 is 28.6 Å². The zero-order chi connectivity index (χ0) is 49.4. The van der Waals surface area contributed by atoms with Crippen molar-refractivity contribution in [3.05, 3.63) is 85.2 Å². The number of ether oxygens (including phenoxy) is 3. The molecule has 5 unspecified atom stereocenters.